The predicted octanol–water partition coefficient (Wildman–Crippen LogP) is 3.55. The van der Waals surface area contributed by atoms with Crippen molar-refractivity contribution in [3.8, 4) is 5.75 Å². The highest BCUT2D eigenvalue weighted by Gasteiger charge is 2.19. The molecule has 2 aromatic rings. The fourth-order valence-electron chi connectivity index (χ4n) is 2.23. The van der Waals surface area contributed by atoms with E-state index in [1.807, 2.05) is 50.5 Å². The first-order valence-electron chi connectivity index (χ1n) is 6.85. The number of likely N-dealkylation sites (N-methyl/N-ethyl adjacent to an activating group) is 1. The van der Waals surface area contributed by atoms with Crippen molar-refractivity contribution < 1.29 is 9.53 Å². The zero-order valence-electron chi connectivity index (χ0n) is 12.8. The molecule has 1 heterocycles. The zero-order chi connectivity index (χ0) is 16.1. The average Bonchev–Trinajstić information content (AvgIpc) is 2.94. The van der Waals surface area contributed by atoms with Gasteiger partial charge in [0.15, 0.2) is 0 Å². The van der Waals surface area contributed by atoms with Gasteiger partial charge in [0.1, 0.15) is 5.75 Å². The van der Waals surface area contributed by atoms with Crippen LogP contribution in [0.3, 0.4) is 0 Å². The number of hydrogen-bond acceptors (Lipinski definition) is 4. The second-order valence-electron chi connectivity index (χ2n) is 5.04. The first-order valence-corrected chi connectivity index (χ1v) is 8.46. The van der Waals surface area contributed by atoms with Gasteiger partial charge in [-0.3, -0.25) is 4.79 Å². The Bertz CT molecular complexity index is 643. The van der Waals surface area contributed by atoms with Crippen LogP contribution in [0.5, 0.6) is 5.75 Å². The summed E-state index contributed by atoms with van der Waals surface area (Å²) in [7, 11) is 5.64. The van der Waals surface area contributed by atoms with Gasteiger partial charge in [-0.1, -0.05) is 18.2 Å². The van der Waals surface area contributed by atoms with E-state index in [0.717, 1.165) is 15.1 Å². The van der Waals surface area contributed by atoms with E-state index in [0.29, 0.717) is 11.4 Å². The van der Waals surface area contributed by atoms with Crippen LogP contribution in [0.4, 0.5) is 0 Å². The van der Waals surface area contributed by atoms with Crippen molar-refractivity contribution in [2.24, 2.45) is 0 Å². The van der Waals surface area contributed by atoms with Crippen molar-refractivity contribution in [1.29, 1.82) is 0 Å². The van der Waals surface area contributed by atoms with E-state index in [4.69, 9.17) is 4.74 Å². The first kappa shape index (κ1) is 17.0. The summed E-state index contributed by atoms with van der Waals surface area (Å²) in [5.41, 5.74) is 1.06. The maximum Gasteiger partial charge on any atom is 0.261 e. The number of amides is 1. The molecule has 1 aromatic carbocycles. The highest BCUT2D eigenvalue weighted by atomic mass is 79.9. The Morgan fingerprint density at radius 2 is 2.05 bits per heavy atom. The summed E-state index contributed by atoms with van der Waals surface area (Å²) in [5, 5.41) is 3.00. The molecular weight excluding hydrogens is 364 g/mol. The number of halogens is 1. The Labute approximate surface area is 143 Å². The second kappa shape index (κ2) is 7.76. The first-order chi connectivity index (χ1) is 10.5. The normalized spacial score (nSPS) is 12.2. The molecule has 1 amide bonds. The fraction of sp³-hybridized carbons (Fsp3) is 0.312. The molecule has 4 nitrogen and oxygen atoms in total. The minimum Gasteiger partial charge on any atom is -0.496 e. The van der Waals surface area contributed by atoms with Gasteiger partial charge in [-0.2, -0.15) is 0 Å². The molecule has 0 aliphatic carbocycles. The Morgan fingerprint density at radius 1 is 1.32 bits per heavy atom. The summed E-state index contributed by atoms with van der Waals surface area (Å²) in [4.78, 5) is 15.0. The third-order valence-electron chi connectivity index (χ3n) is 3.37. The van der Waals surface area contributed by atoms with Gasteiger partial charge in [0.05, 0.1) is 21.8 Å². The van der Waals surface area contributed by atoms with E-state index in [1.54, 1.807) is 7.11 Å². The number of nitrogens with one attached hydrogen (secondary N) is 1. The van der Waals surface area contributed by atoms with Gasteiger partial charge in [0, 0.05) is 12.1 Å². The van der Waals surface area contributed by atoms with Crippen LogP contribution in [0.2, 0.25) is 0 Å². The van der Waals surface area contributed by atoms with Gasteiger partial charge in [-0.25, -0.2) is 0 Å². The predicted molar refractivity (Wildman–Crippen MR) is 93.8 cm³/mol. The van der Waals surface area contributed by atoms with E-state index in [2.05, 4.69) is 26.1 Å². The van der Waals surface area contributed by atoms with E-state index in [9.17, 15) is 4.79 Å². The lowest BCUT2D eigenvalue weighted by molar-refractivity contribution is 0.0945. The van der Waals surface area contributed by atoms with Crippen LogP contribution in [0.15, 0.2) is 40.2 Å². The molecule has 0 bridgehead atoms. The molecule has 0 saturated carbocycles. The van der Waals surface area contributed by atoms with Gasteiger partial charge in [0.2, 0.25) is 0 Å². The number of thiophene rings is 1. The molecule has 118 valence electrons. The number of benzene rings is 1. The standard InChI is InChI=1S/C16H19BrN2O2S/c1-19(2)12(11-6-4-5-7-13(11)21-3)10-18-16(20)14-8-9-15(17)22-14/h4-9,12H,10H2,1-3H3,(H,18,20). The Kier molecular flexibility index (Phi) is 5.99. The third kappa shape index (κ3) is 4.09. The average molecular weight is 383 g/mol. The highest BCUT2D eigenvalue weighted by Crippen LogP contribution is 2.27. The van der Waals surface area contributed by atoms with Crippen LogP contribution >= 0.6 is 27.3 Å². The lowest BCUT2D eigenvalue weighted by Crippen LogP contribution is -2.34. The topological polar surface area (TPSA) is 41.6 Å². The summed E-state index contributed by atoms with van der Waals surface area (Å²) < 4.78 is 6.38. The minimum atomic E-state index is -0.0579. The van der Waals surface area contributed by atoms with Gasteiger partial charge < -0.3 is 15.0 Å². The van der Waals surface area contributed by atoms with Gasteiger partial charge in [-0.15, -0.1) is 11.3 Å². The van der Waals surface area contributed by atoms with Gasteiger partial charge in [-0.05, 0) is 48.2 Å². The molecule has 22 heavy (non-hydrogen) atoms. The Hall–Kier alpha value is -1.37. The molecule has 0 spiro atoms. The number of hydrogen-bond donors (Lipinski definition) is 1. The van der Waals surface area contributed by atoms with Crippen molar-refractivity contribution in [2.75, 3.05) is 27.7 Å². The maximum atomic E-state index is 12.2. The molecule has 1 N–H and O–H groups in total. The monoisotopic (exact) mass is 382 g/mol. The van der Waals surface area contributed by atoms with E-state index >= 15 is 0 Å². The smallest absolute Gasteiger partial charge is 0.261 e. The third-order valence-corrected chi connectivity index (χ3v) is 5.00. The lowest BCUT2D eigenvalue weighted by Gasteiger charge is -2.26. The van der Waals surface area contributed by atoms with E-state index in [-0.39, 0.29) is 11.9 Å². The molecule has 1 aromatic heterocycles. The van der Waals surface area contributed by atoms with Crippen molar-refractivity contribution in [2.45, 2.75) is 6.04 Å². The number of ether oxygens (including phenoxy) is 1. The highest BCUT2D eigenvalue weighted by molar-refractivity contribution is 9.11. The summed E-state index contributed by atoms with van der Waals surface area (Å²) in [6.07, 6.45) is 0. The molecule has 0 aliphatic rings. The van der Waals surface area contributed by atoms with Crippen LogP contribution in [-0.4, -0.2) is 38.6 Å². The molecule has 1 atom stereocenters. The van der Waals surface area contributed by atoms with Crippen molar-refractivity contribution in [3.63, 3.8) is 0 Å². The van der Waals surface area contributed by atoms with Crippen molar-refractivity contribution >= 4 is 33.2 Å². The van der Waals surface area contributed by atoms with Crippen LogP contribution in [-0.2, 0) is 0 Å². The van der Waals surface area contributed by atoms with Crippen LogP contribution in [0, 0.1) is 0 Å². The molecular formula is C16H19BrN2O2S. The Balaban J connectivity index is 2.11. The molecule has 0 fully saturated rings. The van der Waals surface area contributed by atoms with Crippen LogP contribution in [0.1, 0.15) is 21.3 Å². The number of methoxy groups -OCH3 is 1. The SMILES string of the molecule is COc1ccccc1C(CNC(=O)c1ccc(Br)s1)N(C)C. The molecule has 0 radical (unpaired) electrons. The number of nitrogens with zero attached hydrogens (tertiary/aromatic N) is 1. The number of para-hydroxylation sites is 1. The van der Waals surface area contributed by atoms with E-state index < -0.39 is 0 Å². The largest absolute Gasteiger partial charge is 0.496 e. The quantitative estimate of drug-likeness (QED) is 0.830. The van der Waals surface area contributed by atoms with Crippen molar-refractivity contribution in [1.82, 2.24) is 10.2 Å². The lowest BCUT2D eigenvalue weighted by atomic mass is 10.0. The summed E-state index contributed by atoms with van der Waals surface area (Å²) in [5.74, 6) is 0.770. The number of carbonyl (C=O) groups excluding carboxylic acids is 1. The summed E-state index contributed by atoms with van der Waals surface area (Å²) >= 11 is 4.80. The zero-order valence-corrected chi connectivity index (χ0v) is 15.2. The molecule has 1 unspecified atom stereocenters. The molecule has 6 heteroatoms. The molecule has 2 rings (SSSR count). The summed E-state index contributed by atoms with van der Waals surface area (Å²) in [6, 6.07) is 11.6. The van der Waals surface area contributed by atoms with Gasteiger partial charge >= 0.3 is 0 Å². The van der Waals surface area contributed by atoms with Crippen LogP contribution < -0.4 is 10.1 Å². The van der Waals surface area contributed by atoms with Crippen molar-refractivity contribution in [3.05, 3.63) is 50.6 Å². The fourth-order valence-corrected chi connectivity index (χ4v) is 3.53. The van der Waals surface area contributed by atoms with Gasteiger partial charge in [0.25, 0.3) is 5.91 Å². The molecule has 0 aliphatic heterocycles. The second-order valence-corrected chi connectivity index (χ2v) is 7.50. The summed E-state index contributed by atoms with van der Waals surface area (Å²) in [6.45, 7) is 0.516. The molecule has 0 saturated heterocycles. The Morgan fingerprint density at radius 3 is 2.64 bits per heavy atom. The number of rotatable bonds is 6. The van der Waals surface area contributed by atoms with E-state index in [1.165, 1.54) is 11.3 Å². The maximum absolute atomic E-state index is 12.2. The van der Waals surface area contributed by atoms with Crippen LogP contribution in [0.25, 0.3) is 0 Å². The number of carbonyl (C=O) groups is 1. The minimum absolute atomic E-state index is 0.0449.